The van der Waals surface area contributed by atoms with Crippen molar-refractivity contribution in [3.05, 3.63) is 60.3 Å². The molecule has 1 saturated carbocycles. The summed E-state index contributed by atoms with van der Waals surface area (Å²) < 4.78 is 4.03. The molecule has 0 saturated heterocycles. The number of hydrogen-bond acceptors (Lipinski definition) is 3. The van der Waals surface area contributed by atoms with Crippen molar-refractivity contribution < 1.29 is 4.79 Å². The van der Waals surface area contributed by atoms with Gasteiger partial charge in [0.1, 0.15) is 11.5 Å². The second kappa shape index (κ2) is 5.17. The Morgan fingerprint density at radius 2 is 2.08 bits per heavy atom. The second-order valence-electron chi connectivity index (χ2n) is 6.57. The fourth-order valence-corrected chi connectivity index (χ4v) is 3.26. The molecule has 0 unspecified atom stereocenters. The second-order valence-corrected chi connectivity index (χ2v) is 6.57. The molecule has 25 heavy (non-hydrogen) atoms. The predicted molar refractivity (Wildman–Crippen MR) is 95.8 cm³/mol. The summed E-state index contributed by atoms with van der Waals surface area (Å²) in [6.45, 7) is 0. The van der Waals surface area contributed by atoms with Gasteiger partial charge in [0.05, 0.1) is 11.0 Å². The maximum Gasteiger partial charge on any atom is 0.255 e. The van der Waals surface area contributed by atoms with Gasteiger partial charge in [-0.05, 0) is 43.2 Å². The minimum Gasteiger partial charge on any atom is -0.331 e. The maximum absolute atomic E-state index is 12.5. The van der Waals surface area contributed by atoms with E-state index in [-0.39, 0.29) is 5.91 Å². The number of aryl methyl sites for hydroxylation is 1. The lowest BCUT2D eigenvalue weighted by molar-refractivity contribution is 0.102. The summed E-state index contributed by atoms with van der Waals surface area (Å²) >= 11 is 0. The summed E-state index contributed by atoms with van der Waals surface area (Å²) in [4.78, 5) is 21.5. The summed E-state index contributed by atoms with van der Waals surface area (Å²) in [6, 6.07) is 9.44. The molecule has 1 amide bonds. The van der Waals surface area contributed by atoms with E-state index in [4.69, 9.17) is 4.98 Å². The minimum absolute atomic E-state index is 0.150. The molecule has 1 N–H and O–H groups in total. The molecule has 4 aromatic rings. The third kappa shape index (κ3) is 2.38. The predicted octanol–water partition coefficient (Wildman–Crippen LogP) is 3.35. The molecule has 1 aliphatic rings. The number of imidazole rings is 2. The molecule has 1 aromatic carbocycles. The summed E-state index contributed by atoms with van der Waals surface area (Å²) in [5.74, 6) is 1.59. The van der Waals surface area contributed by atoms with E-state index >= 15 is 0 Å². The topological polar surface area (TPSA) is 64.2 Å². The summed E-state index contributed by atoms with van der Waals surface area (Å²) in [7, 11) is 2.06. The van der Waals surface area contributed by atoms with Gasteiger partial charge in [0.2, 0.25) is 0 Å². The van der Waals surface area contributed by atoms with Crippen LogP contribution in [0, 0.1) is 0 Å². The normalized spacial score (nSPS) is 14.3. The number of anilines is 1. The molecular weight excluding hydrogens is 314 g/mol. The van der Waals surface area contributed by atoms with Crippen LogP contribution in [0.1, 0.15) is 34.9 Å². The number of pyridine rings is 1. The van der Waals surface area contributed by atoms with Gasteiger partial charge in [-0.25, -0.2) is 9.97 Å². The van der Waals surface area contributed by atoms with Gasteiger partial charge in [0.25, 0.3) is 5.91 Å². The van der Waals surface area contributed by atoms with Crippen LogP contribution in [0.5, 0.6) is 0 Å². The van der Waals surface area contributed by atoms with E-state index < -0.39 is 0 Å². The molecule has 124 valence electrons. The molecule has 6 nitrogen and oxygen atoms in total. The average Bonchev–Trinajstić information content (AvgIpc) is 3.26. The summed E-state index contributed by atoms with van der Waals surface area (Å²) in [5, 5.41) is 2.96. The highest BCUT2D eigenvalue weighted by Crippen LogP contribution is 2.40. The molecule has 0 bridgehead atoms. The summed E-state index contributed by atoms with van der Waals surface area (Å²) in [6.07, 6.45) is 7.84. The molecule has 3 heterocycles. The van der Waals surface area contributed by atoms with Gasteiger partial charge < -0.3 is 14.3 Å². The number of nitrogens with zero attached hydrogens (tertiary/aromatic N) is 4. The smallest absolute Gasteiger partial charge is 0.255 e. The van der Waals surface area contributed by atoms with E-state index in [1.807, 2.05) is 35.0 Å². The Morgan fingerprint density at radius 1 is 1.20 bits per heavy atom. The third-order valence-corrected chi connectivity index (χ3v) is 4.78. The van der Waals surface area contributed by atoms with E-state index in [0.29, 0.717) is 11.5 Å². The van der Waals surface area contributed by atoms with E-state index in [0.717, 1.165) is 28.2 Å². The number of carbonyl (C=O) groups is 1. The number of carbonyl (C=O) groups excluding carboxylic acids is 1. The first-order chi connectivity index (χ1) is 12.2. The van der Waals surface area contributed by atoms with Crippen LogP contribution >= 0.6 is 0 Å². The Balaban J connectivity index is 1.45. The van der Waals surface area contributed by atoms with Crippen LogP contribution < -0.4 is 5.32 Å². The Morgan fingerprint density at radius 3 is 2.92 bits per heavy atom. The fourth-order valence-electron chi connectivity index (χ4n) is 3.26. The molecular formula is C19H17N5O. The number of hydrogen-bond donors (Lipinski definition) is 1. The molecule has 1 aliphatic carbocycles. The first-order valence-corrected chi connectivity index (χ1v) is 8.39. The van der Waals surface area contributed by atoms with Crippen molar-refractivity contribution in [2.45, 2.75) is 18.8 Å². The zero-order valence-electron chi connectivity index (χ0n) is 13.8. The number of rotatable bonds is 3. The number of amides is 1. The van der Waals surface area contributed by atoms with Gasteiger partial charge in [-0.15, -0.1) is 0 Å². The van der Waals surface area contributed by atoms with Crippen LogP contribution in [0.2, 0.25) is 0 Å². The van der Waals surface area contributed by atoms with E-state index in [1.165, 1.54) is 12.8 Å². The number of aromatic nitrogens is 4. The Kier molecular flexibility index (Phi) is 2.94. The van der Waals surface area contributed by atoms with E-state index in [9.17, 15) is 4.79 Å². The Bertz CT molecular complexity index is 1120. The van der Waals surface area contributed by atoms with Crippen molar-refractivity contribution in [1.82, 2.24) is 18.9 Å². The van der Waals surface area contributed by atoms with E-state index in [1.54, 1.807) is 18.3 Å². The van der Waals surface area contributed by atoms with Gasteiger partial charge in [-0.1, -0.05) is 0 Å². The van der Waals surface area contributed by atoms with Gasteiger partial charge in [-0.3, -0.25) is 4.79 Å². The summed E-state index contributed by atoms with van der Waals surface area (Å²) in [5.41, 5.74) is 4.10. The van der Waals surface area contributed by atoms with Crippen LogP contribution in [0.25, 0.3) is 16.7 Å². The SMILES string of the molecule is Cn1c(C2CC2)nc2cc(NC(=O)c3ccn4ccnc4c3)ccc21. The molecule has 0 atom stereocenters. The van der Waals surface area contributed by atoms with Crippen molar-refractivity contribution in [2.75, 3.05) is 5.32 Å². The van der Waals surface area contributed by atoms with Crippen LogP contribution in [0.15, 0.2) is 48.9 Å². The quantitative estimate of drug-likeness (QED) is 0.626. The molecule has 6 heteroatoms. The van der Waals surface area contributed by atoms with Crippen LogP contribution in [0.4, 0.5) is 5.69 Å². The van der Waals surface area contributed by atoms with Crippen molar-refractivity contribution in [3.8, 4) is 0 Å². The molecule has 0 spiro atoms. The van der Waals surface area contributed by atoms with Gasteiger partial charge >= 0.3 is 0 Å². The highest BCUT2D eigenvalue weighted by atomic mass is 16.1. The zero-order chi connectivity index (χ0) is 17.0. The number of nitrogens with one attached hydrogen (secondary N) is 1. The Labute approximate surface area is 144 Å². The highest BCUT2D eigenvalue weighted by Gasteiger charge is 2.28. The Hall–Kier alpha value is -3.15. The van der Waals surface area contributed by atoms with Crippen LogP contribution in [0.3, 0.4) is 0 Å². The lowest BCUT2D eigenvalue weighted by atomic mass is 10.2. The van der Waals surface area contributed by atoms with Gasteiger partial charge in [0, 0.05) is 42.8 Å². The number of fused-ring (bicyclic) bond motifs is 2. The molecule has 1 fully saturated rings. The van der Waals surface area contributed by atoms with E-state index in [2.05, 4.69) is 21.9 Å². The number of benzene rings is 1. The van der Waals surface area contributed by atoms with Gasteiger partial charge in [-0.2, -0.15) is 0 Å². The zero-order valence-corrected chi connectivity index (χ0v) is 13.8. The average molecular weight is 331 g/mol. The van der Waals surface area contributed by atoms with Gasteiger partial charge in [0.15, 0.2) is 0 Å². The molecule has 0 radical (unpaired) electrons. The van der Waals surface area contributed by atoms with Crippen molar-refractivity contribution in [2.24, 2.45) is 7.05 Å². The highest BCUT2D eigenvalue weighted by molar-refractivity contribution is 6.05. The maximum atomic E-state index is 12.5. The first kappa shape index (κ1) is 14.2. The monoisotopic (exact) mass is 331 g/mol. The van der Waals surface area contributed by atoms with Crippen molar-refractivity contribution >= 4 is 28.3 Å². The van der Waals surface area contributed by atoms with Crippen molar-refractivity contribution in [3.63, 3.8) is 0 Å². The molecule has 3 aromatic heterocycles. The standard InChI is InChI=1S/C19H17N5O/c1-23-16-5-4-14(11-15(16)22-18(23)12-2-3-12)21-19(25)13-6-8-24-9-7-20-17(24)10-13/h4-12H,2-3H2,1H3,(H,21,25). The lowest BCUT2D eigenvalue weighted by Crippen LogP contribution is -2.12. The lowest BCUT2D eigenvalue weighted by Gasteiger charge is -2.06. The molecule has 0 aliphatic heterocycles. The largest absolute Gasteiger partial charge is 0.331 e. The fraction of sp³-hybridized carbons (Fsp3) is 0.211. The minimum atomic E-state index is -0.150. The molecule has 5 rings (SSSR count). The van der Waals surface area contributed by atoms with Crippen LogP contribution in [-0.2, 0) is 7.05 Å². The third-order valence-electron chi connectivity index (χ3n) is 4.78. The van der Waals surface area contributed by atoms with Crippen LogP contribution in [-0.4, -0.2) is 24.8 Å². The van der Waals surface area contributed by atoms with Crippen molar-refractivity contribution in [1.29, 1.82) is 0 Å². The first-order valence-electron chi connectivity index (χ1n) is 8.39.